The van der Waals surface area contributed by atoms with Gasteiger partial charge in [-0.25, -0.2) is 13.5 Å². The fraction of sp³-hybridized carbons (Fsp3) is 0.167. The first-order valence-corrected chi connectivity index (χ1v) is 6.80. The summed E-state index contributed by atoms with van der Waals surface area (Å²) in [5.74, 6) is -0.562. The lowest BCUT2D eigenvalue weighted by molar-refractivity contribution is 0.580. The number of fused-ring (bicyclic) bond motifs is 1. The number of thioether (sulfide) groups is 1. The summed E-state index contributed by atoms with van der Waals surface area (Å²) in [5.41, 5.74) is 9.34. The Morgan fingerprint density at radius 2 is 2.15 bits per heavy atom. The van der Waals surface area contributed by atoms with E-state index in [2.05, 4.69) is 15.6 Å². The number of hydrogen-bond donors (Lipinski definition) is 2. The maximum absolute atomic E-state index is 13.8. The van der Waals surface area contributed by atoms with Crippen LogP contribution in [0, 0.1) is 11.6 Å². The lowest BCUT2D eigenvalue weighted by Gasteiger charge is -2.19. The number of rotatable bonds is 3. The van der Waals surface area contributed by atoms with Gasteiger partial charge in [0.25, 0.3) is 0 Å². The molecule has 0 saturated heterocycles. The van der Waals surface area contributed by atoms with E-state index in [1.165, 1.54) is 23.9 Å². The van der Waals surface area contributed by atoms with Crippen LogP contribution in [0.3, 0.4) is 0 Å². The Balaban J connectivity index is 1.93. The molecule has 1 aliphatic rings. The highest BCUT2D eigenvalue weighted by molar-refractivity contribution is 8.02. The fourth-order valence-corrected chi connectivity index (χ4v) is 2.62. The summed E-state index contributed by atoms with van der Waals surface area (Å²) in [6.07, 6.45) is 0.555. The van der Waals surface area contributed by atoms with E-state index in [-0.39, 0.29) is 5.56 Å². The first-order chi connectivity index (χ1) is 9.69. The first-order valence-electron chi connectivity index (χ1n) is 5.92. The molecule has 0 spiro atoms. The minimum atomic E-state index is -0.624. The van der Waals surface area contributed by atoms with Crippen molar-refractivity contribution in [2.45, 2.75) is 11.6 Å². The van der Waals surface area contributed by atoms with Crippen molar-refractivity contribution < 1.29 is 8.78 Å². The Kier molecular flexibility index (Phi) is 3.41. The van der Waals surface area contributed by atoms with Crippen molar-refractivity contribution in [2.24, 2.45) is 5.73 Å². The van der Waals surface area contributed by atoms with Crippen LogP contribution >= 0.6 is 11.8 Å². The summed E-state index contributed by atoms with van der Waals surface area (Å²) in [6, 6.07) is 3.46. The number of aromatic nitrogens is 3. The van der Waals surface area contributed by atoms with Gasteiger partial charge in [-0.05, 0) is 18.7 Å². The molecule has 0 fully saturated rings. The SMILES string of the molecule is NCCc1nnc2n1NC(c1ccc(F)cc1F)=CS2. The predicted molar refractivity (Wildman–Crippen MR) is 72.3 cm³/mol. The molecular weight excluding hydrogens is 284 g/mol. The third-order valence-corrected chi connectivity index (χ3v) is 3.63. The van der Waals surface area contributed by atoms with Crippen molar-refractivity contribution >= 4 is 17.5 Å². The molecule has 0 atom stereocenters. The zero-order valence-corrected chi connectivity index (χ0v) is 11.1. The highest BCUT2D eigenvalue weighted by Gasteiger charge is 2.19. The Bertz CT molecular complexity index is 682. The number of hydrogen-bond acceptors (Lipinski definition) is 5. The molecule has 3 N–H and O–H groups in total. The maximum Gasteiger partial charge on any atom is 0.214 e. The lowest BCUT2D eigenvalue weighted by atomic mass is 10.1. The molecule has 8 heteroatoms. The van der Waals surface area contributed by atoms with E-state index in [1.807, 2.05) is 0 Å². The molecule has 20 heavy (non-hydrogen) atoms. The standard InChI is InChI=1S/C12H11F2N5S/c13-7-1-2-8(9(14)5-7)10-6-20-12-17-16-11(3-4-15)19(12)18-10/h1-2,5-6,18H,3-4,15H2. The summed E-state index contributed by atoms with van der Waals surface area (Å²) in [6.45, 7) is 0.439. The largest absolute Gasteiger partial charge is 0.330 e. The molecule has 1 aromatic heterocycles. The third-order valence-electron chi connectivity index (χ3n) is 2.80. The highest BCUT2D eigenvalue weighted by Crippen LogP contribution is 2.29. The minimum Gasteiger partial charge on any atom is -0.330 e. The van der Waals surface area contributed by atoms with Crippen molar-refractivity contribution in [3.05, 3.63) is 46.6 Å². The van der Waals surface area contributed by atoms with Crippen LogP contribution in [-0.4, -0.2) is 21.4 Å². The van der Waals surface area contributed by atoms with Crippen LogP contribution in [0.25, 0.3) is 5.70 Å². The third kappa shape index (κ3) is 2.27. The van der Waals surface area contributed by atoms with Gasteiger partial charge < -0.3 is 5.73 Å². The van der Waals surface area contributed by atoms with Crippen molar-refractivity contribution in [3.8, 4) is 0 Å². The van der Waals surface area contributed by atoms with E-state index in [4.69, 9.17) is 5.73 Å². The topological polar surface area (TPSA) is 68.8 Å². The Morgan fingerprint density at radius 3 is 2.90 bits per heavy atom. The second-order valence-corrected chi connectivity index (χ2v) is 4.99. The van der Waals surface area contributed by atoms with Crippen LogP contribution in [0.2, 0.25) is 0 Å². The van der Waals surface area contributed by atoms with Crippen molar-refractivity contribution in [2.75, 3.05) is 12.0 Å². The number of benzene rings is 1. The van der Waals surface area contributed by atoms with E-state index in [1.54, 1.807) is 10.1 Å². The van der Waals surface area contributed by atoms with Crippen LogP contribution in [0.15, 0.2) is 28.8 Å². The monoisotopic (exact) mass is 295 g/mol. The van der Waals surface area contributed by atoms with Gasteiger partial charge in [-0.2, -0.15) is 0 Å². The molecular formula is C12H11F2N5S. The van der Waals surface area contributed by atoms with Crippen molar-refractivity contribution in [3.63, 3.8) is 0 Å². The van der Waals surface area contributed by atoms with Gasteiger partial charge in [0.2, 0.25) is 5.16 Å². The van der Waals surface area contributed by atoms with Crippen LogP contribution in [0.4, 0.5) is 8.78 Å². The van der Waals surface area contributed by atoms with Crippen molar-refractivity contribution in [1.82, 2.24) is 14.9 Å². The number of halogens is 2. The van der Waals surface area contributed by atoms with Gasteiger partial charge in [-0.15, -0.1) is 10.2 Å². The second-order valence-electron chi connectivity index (χ2n) is 4.16. The molecule has 1 aromatic carbocycles. The molecule has 5 nitrogen and oxygen atoms in total. The molecule has 0 unspecified atom stereocenters. The van der Waals surface area contributed by atoms with Gasteiger partial charge in [0, 0.05) is 23.5 Å². The predicted octanol–water partition coefficient (Wildman–Crippen LogP) is 1.71. The molecule has 0 bridgehead atoms. The summed E-state index contributed by atoms with van der Waals surface area (Å²) in [5, 5.41) is 10.4. The highest BCUT2D eigenvalue weighted by atomic mass is 32.2. The van der Waals surface area contributed by atoms with Gasteiger partial charge in [0.1, 0.15) is 11.6 Å². The van der Waals surface area contributed by atoms with Crippen molar-refractivity contribution in [1.29, 1.82) is 0 Å². The fourth-order valence-electron chi connectivity index (χ4n) is 1.87. The summed E-state index contributed by atoms with van der Waals surface area (Å²) in [4.78, 5) is 0. The smallest absolute Gasteiger partial charge is 0.214 e. The van der Waals surface area contributed by atoms with Crippen LogP contribution in [0.1, 0.15) is 11.4 Å². The Labute approximate surface area is 117 Å². The molecule has 1 aliphatic heterocycles. The molecule has 0 amide bonds. The average Bonchev–Trinajstić information content (AvgIpc) is 2.82. The molecule has 0 aliphatic carbocycles. The molecule has 2 heterocycles. The average molecular weight is 295 g/mol. The van der Waals surface area contributed by atoms with E-state index in [0.29, 0.717) is 29.6 Å². The zero-order chi connectivity index (χ0) is 14.1. The minimum absolute atomic E-state index is 0.289. The van der Waals surface area contributed by atoms with Crippen LogP contribution < -0.4 is 11.2 Å². The maximum atomic E-state index is 13.8. The number of nitrogens with one attached hydrogen (secondary N) is 1. The molecule has 3 rings (SSSR count). The van der Waals surface area contributed by atoms with E-state index in [9.17, 15) is 8.78 Å². The normalized spacial score (nSPS) is 13.7. The first kappa shape index (κ1) is 13.1. The van der Waals surface area contributed by atoms with E-state index in [0.717, 1.165) is 6.07 Å². The van der Waals surface area contributed by atoms with Gasteiger partial charge in [0.15, 0.2) is 5.82 Å². The van der Waals surface area contributed by atoms with Gasteiger partial charge in [-0.3, -0.25) is 5.43 Å². The van der Waals surface area contributed by atoms with Gasteiger partial charge in [-0.1, -0.05) is 11.8 Å². The second kappa shape index (κ2) is 5.22. The number of nitrogens with two attached hydrogens (primary N) is 1. The van der Waals surface area contributed by atoms with E-state index < -0.39 is 11.6 Å². The van der Waals surface area contributed by atoms with Gasteiger partial charge in [0.05, 0.1) is 5.70 Å². The molecule has 0 radical (unpaired) electrons. The lowest BCUT2D eigenvalue weighted by Crippen LogP contribution is -2.21. The van der Waals surface area contributed by atoms with E-state index >= 15 is 0 Å². The molecule has 2 aromatic rings. The summed E-state index contributed by atoms with van der Waals surface area (Å²) in [7, 11) is 0. The number of nitrogens with zero attached hydrogens (tertiary/aromatic N) is 3. The Hall–Kier alpha value is -1.93. The van der Waals surface area contributed by atoms with Crippen LogP contribution in [-0.2, 0) is 6.42 Å². The Morgan fingerprint density at radius 1 is 1.30 bits per heavy atom. The summed E-state index contributed by atoms with van der Waals surface area (Å²) >= 11 is 1.31. The zero-order valence-electron chi connectivity index (χ0n) is 10.3. The molecule has 0 saturated carbocycles. The van der Waals surface area contributed by atoms with Crippen LogP contribution in [0.5, 0.6) is 0 Å². The quantitative estimate of drug-likeness (QED) is 0.902. The van der Waals surface area contributed by atoms with Gasteiger partial charge >= 0.3 is 0 Å². The summed E-state index contributed by atoms with van der Waals surface area (Å²) < 4.78 is 28.4. The molecule has 104 valence electrons.